The number of rotatable bonds is 11. The molecule has 1 atom stereocenters. The molecule has 0 spiro atoms. The fourth-order valence-electron chi connectivity index (χ4n) is 7.40. The second-order valence-corrected chi connectivity index (χ2v) is 13.6. The molecule has 2 saturated heterocycles. The lowest BCUT2D eigenvalue weighted by Gasteiger charge is -2.35. The van der Waals surface area contributed by atoms with Crippen LogP contribution in [-0.2, 0) is 20.7 Å². The van der Waals surface area contributed by atoms with Gasteiger partial charge in [0.05, 0.1) is 0 Å². The number of benzene rings is 3. The van der Waals surface area contributed by atoms with Crippen LogP contribution in [0.4, 0.5) is 0 Å². The van der Waals surface area contributed by atoms with E-state index < -0.39 is 11.6 Å². The first kappa shape index (κ1) is 32.2. The smallest absolute Gasteiger partial charge is 0.252 e. The van der Waals surface area contributed by atoms with Crippen LogP contribution in [0.2, 0.25) is 0 Å². The van der Waals surface area contributed by atoms with E-state index in [0.29, 0.717) is 37.3 Å². The predicted molar refractivity (Wildman–Crippen MR) is 180 cm³/mol. The van der Waals surface area contributed by atoms with Crippen LogP contribution in [0.1, 0.15) is 67.3 Å². The van der Waals surface area contributed by atoms with Crippen LogP contribution in [0.15, 0.2) is 72.8 Å². The Morgan fingerprint density at radius 3 is 2.26 bits per heavy atom. The number of hydrogen-bond donors (Lipinski definition) is 3. The Morgan fingerprint density at radius 2 is 1.52 bits per heavy atom. The van der Waals surface area contributed by atoms with Crippen molar-refractivity contribution in [2.75, 3.05) is 39.4 Å². The number of amides is 3. The van der Waals surface area contributed by atoms with E-state index in [2.05, 4.69) is 20.9 Å². The van der Waals surface area contributed by atoms with E-state index in [1.54, 1.807) is 6.07 Å². The highest BCUT2D eigenvalue weighted by Crippen LogP contribution is 2.31. The Hall–Kier alpha value is -3.75. The molecule has 0 unspecified atom stereocenters. The fourth-order valence-corrected chi connectivity index (χ4v) is 7.40. The predicted octanol–water partition coefficient (Wildman–Crippen LogP) is 4.86. The van der Waals surface area contributed by atoms with Gasteiger partial charge in [-0.1, -0.05) is 73.5 Å². The number of likely N-dealkylation sites (tertiary alicyclic amines) is 1. The van der Waals surface area contributed by atoms with E-state index in [0.717, 1.165) is 93.6 Å². The van der Waals surface area contributed by atoms with Gasteiger partial charge < -0.3 is 25.6 Å². The van der Waals surface area contributed by atoms with Gasteiger partial charge in [-0.05, 0) is 91.9 Å². The second kappa shape index (κ2) is 15.2. The maximum absolute atomic E-state index is 14.0. The van der Waals surface area contributed by atoms with Gasteiger partial charge in [0.1, 0.15) is 11.6 Å². The Balaban J connectivity index is 1.08. The molecule has 8 heteroatoms. The lowest BCUT2D eigenvalue weighted by atomic mass is 9.93. The minimum Gasteiger partial charge on any atom is -0.381 e. The minimum atomic E-state index is -1.05. The van der Waals surface area contributed by atoms with Gasteiger partial charge in [-0.2, -0.15) is 0 Å². The van der Waals surface area contributed by atoms with Crippen LogP contribution in [-0.4, -0.2) is 73.6 Å². The first-order valence-electron chi connectivity index (χ1n) is 17.2. The minimum absolute atomic E-state index is 0.171. The van der Waals surface area contributed by atoms with E-state index in [9.17, 15) is 14.4 Å². The molecule has 1 aliphatic carbocycles. The zero-order valence-corrected chi connectivity index (χ0v) is 26.8. The van der Waals surface area contributed by atoms with Gasteiger partial charge >= 0.3 is 0 Å². The lowest BCUT2D eigenvalue weighted by Crippen LogP contribution is -2.61. The molecule has 244 valence electrons. The average Bonchev–Trinajstić information content (AvgIpc) is 3.58. The van der Waals surface area contributed by atoms with Crippen molar-refractivity contribution in [3.05, 3.63) is 83.9 Å². The fraction of sp³-hybridized carbons (Fsp3) is 0.500. The number of carbonyl (C=O) groups excluding carboxylic acids is 3. The molecule has 3 aromatic rings. The first-order valence-corrected chi connectivity index (χ1v) is 17.2. The van der Waals surface area contributed by atoms with Crippen molar-refractivity contribution in [3.8, 4) is 0 Å². The van der Waals surface area contributed by atoms with Gasteiger partial charge in [0.2, 0.25) is 11.8 Å². The number of nitrogens with zero attached hydrogens (tertiary/aromatic N) is 1. The van der Waals surface area contributed by atoms with Crippen molar-refractivity contribution < 1.29 is 19.1 Å². The van der Waals surface area contributed by atoms with Gasteiger partial charge in [-0.3, -0.25) is 14.4 Å². The summed E-state index contributed by atoms with van der Waals surface area (Å²) in [5.41, 5.74) is 0.454. The molecule has 0 aromatic heterocycles. The van der Waals surface area contributed by atoms with Crippen LogP contribution in [0.3, 0.4) is 0 Å². The third kappa shape index (κ3) is 8.15. The van der Waals surface area contributed by atoms with Crippen molar-refractivity contribution in [1.82, 2.24) is 20.9 Å². The SMILES string of the molecule is O=C(NC1(C(=O)N[C@H](Cc2ccccc2)C(=O)NCC2CCN(CC3CCOCC3)CC2)CCCC1)c1ccc2ccccc2c1. The maximum atomic E-state index is 14.0. The van der Waals surface area contributed by atoms with E-state index in [1.807, 2.05) is 66.7 Å². The zero-order valence-electron chi connectivity index (χ0n) is 26.8. The third-order valence-electron chi connectivity index (χ3n) is 10.3. The molecular weight excluding hydrogens is 576 g/mol. The molecule has 3 N–H and O–H groups in total. The van der Waals surface area contributed by atoms with E-state index in [4.69, 9.17) is 4.74 Å². The van der Waals surface area contributed by atoms with Gasteiger partial charge in [0, 0.05) is 38.3 Å². The molecule has 3 aliphatic rings. The van der Waals surface area contributed by atoms with Gasteiger partial charge in [-0.25, -0.2) is 0 Å². The summed E-state index contributed by atoms with van der Waals surface area (Å²) in [5, 5.41) is 11.4. The summed E-state index contributed by atoms with van der Waals surface area (Å²) in [6, 6.07) is 22.6. The van der Waals surface area contributed by atoms with Crippen LogP contribution < -0.4 is 16.0 Å². The van der Waals surface area contributed by atoms with Gasteiger partial charge in [0.25, 0.3) is 5.91 Å². The van der Waals surface area contributed by atoms with Crippen LogP contribution in [0, 0.1) is 11.8 Å². The van der Waals surface area contributed by atoms with Crippen molar-refractivity contribution in [2.45, 2.75) is 69.4 Å². The highest BCUT2D eigenvalue weighted by atomic mass is 16.5. The third-order valence-corrected chi connectivity index (χ3v) is 10.3. The van der Waals surface area contributed by atoms with Gasteiger partial charge in [0.15, 0.2) is 0 Å². The summed E-state index contributed by atoms with van der Waals surface area (Å²) in [6.07, 6.45) is 7.58. The van der Waals surface area contributed by atoms with Gasteiger partial charge in [-0.15, -0.1) is 0 Å². The number of carbonyl (C=O) groups is 3. The van der Waals surface area contributed by atoms with Crippen molar-refractivity contribution in [1.29, 1.82) is 0 Å². The topological polar surface area (TPSA) is 99.8 Å². The standard InChI is InChI=1S/C38H48N4O4/c43-35(33-13-12-31-10-4-5-11-32(31)25-33)41-38(18-6-7-19-38)37(45)40-34(24-28-8-2-1-3-9-28)36(44)39-26-29-14-20-42(21-15-29)27-30-16-22-46-23-17-30/h1-5,8-13,25,29-30,34H,6-7,14-24,26-27H2,(H,39,44)(H,40,45)(H,41,43)/t34-/m1/s1. The number of nitrogens with one attached hydrogen (secondary N) is 3. The zero-order chi connectivity index (χ0) is 31.8. The molecule has 8 nitrogen and oxygen atoms in total. The van der Waals surface area contributed by atoms with Crippen LogP contribution >= 0.6 is 0 Å². The maximum Gasteiger partial charge on any atom is 0.252 e. The highest BCUT2D eigenvalue weighted by molar-refractivity contribution is 6.02. The number of ether oxygens (including phenoxy) is 1. The van der Waals surface area contributed by atoms with Crippen molar-refractivity contribution in [3.63, 3.8) is 0 Å². The normalized spacial score (nSPS) is 19.8. The summed E-state index contributed by atoms with van der Waals surface area (Å²) in [7, 11) is 0. The monoisotopic (exact) mass is 624 g/mol. The largest absolute Gasteiger partial charge is 0.381 e. The number of fused-ring (bicyclic) bond motifs is 1. The molecule has 2 heterocycles. The van der Waals surface area contributed by atoms with Crippen LogP contribution in [0.5, 0.6) is 0 Å². The molecule has 3 aromatic carbocycles. The Morgan fingerprint density at radius 1 is 0.826 bits per heavy atom. The summed E-state index contributed by atoms with van der Waals surface area (Å²) in [6.45, 7) is 5.63. The summed E-state index contributed by atoms with van der Waals surface area (Å²) in [4.78, 5) is 43.8. The molecular formula is C38H48N4O4. The first-order chi connectivity index (χ1) is 22.5. The Kier molecular flexibility index (Phi) is 10.7. The highest BCUT2D eigenvalue weighted by Gasteiger charge is 2.44. The van der Waals surface area contributed by atoms with E-state index in [1.165, 1.54) is 0 Å². The molecule has 0 bridgehead atoms. The average molecular weight is 625 g/mol. The summed E-state index contributed by atoms with van der Waals surface area (Å²) >= 11 is 0. The molecule has 3 fully saturated rings. The Labute approximate surface area is 272 Å². The van der Waals surface area contributed by atoms with Crippen LogP contribution in [0.25, 0.3) is 10.8 Å². The molecule has 0 radical (unpaired) electrons. The second-order valence-electron chi connectivity index (χ2n) is 13.6. The molecule has 6 rings (SSSR count). The molecule has 1 saturated carbocycles. The van der Waals surface area contributed by atoms with Crippen molar-refractivity contribution >= 4 is 28.5 Å². The molecule has 3 amide bonds. The lowest BCUT2D eigenvalue weighted by molar-refractivity contribution is -0.132. The molecule has 46 heavy (non-hydrogen) atoms. The summed E-state index contributed by atoms with van der Waals surface area (Å²) in [5.74, 6) is 0.431. The van der Waals surface area contributed by atoms with Crippen molar-refractivity contribution in [2.24, 2.45) is 11.8 Å². The summed E-state index contributed by atoms with van der Waals surface area (Å²) < 4.78 is 5.52. The quantitative estimate of drug-likeness (QED) is 0.283. The number of hydrogen-bond acceptors (Lipinski definition) is 5. The van der Waals surface area contributed by atoms with E-state index in [-0.39, 0.29) is 17.7 Å². The molecule has 2 aliphatic heterocycles. The van der Waals surface area contributed by atoms with E-state index >= 15 is 0 Å². The Bertz CT molecular complexity index is 1470. The number of piperidine rings is 1.